The molecule has 8 heteroatoms. The SMILES string of the molecule is COc1ccc(C2=NN(C(=O)CN(C)Cc3ccc4c(c3)OCO4)C(c3ccco3)C2)cc1. The van der Waals surface area contributed by atoms with Crippen LogP contribution in [0, 0.1) is 0 Å². The summed E-state index contributed by atoms with van der Waals surface area (Å²) in [5.41, 5.74) is 2.84. The number of furan rings is 1. The Morgan fingerprint density at radius 2 is 1.97 bits per heavy atom. The molecule has 1 unspecified atom stereocenters. The van der Waals surface area contributed by atoms with E-state index in [1.807, 2.05) is 66.5 Å². The lowest BCUT2D eigenvalue weighted by Crippen LogP contribution is -2.36. The van der Waals surface area contributed by atoms with Crippen molar-refractivity contribution in [1.82, 2.24) is 9.91 Å². The molecule has 0 aliphatic carbocycles. The molecular weight excluding hydrogens is 422 g/mol. The number of hydrazone groups is 1. The Bertz CT molecular complexity index is 1160. The summed E-state index contributed by atoms with van der Waals surface area (Å²) in [6.07, 6.45) is 2.20. The molecule has 1 atom stereocenters. The van der Waals surface area contributed by atoms with Crippen LogP contribution in [0.5, 0.6) is 17.2 Å². The summed E-state index contributed by atoms with van der Waals surface area (Å²) < 4.78 is 21.7. The molecule has 33 heavy (non-hydrogen) atoms. The molecule has 0 saturated heterocycles. The van der Waals surface area contributed by atoms with E-state index in [0.717, 1.165) is 34.1 Å². The highest BCUT2D eigenvalue weighted by atomic mass is 16.7. The maximum atomic E-state index is 13.3. The quantitative estimate of drug-likeness (QED) is 0.548. The van der Waals surface area contributed by atoms with Crippen molar-refractivity contribution in [3.63, 3.8) is 0 Å². The van der Waals surface area contributed by atoms with Crippen LogP contribution in [0.25, 0.3) is 0 Å². The number of methoxy groups -OCH3 is 1. The van der Waals surface area contributed by atoms with Crippen LogP contribution in [0.4, 0.5) is 0 Å². The second kappa shape index (κ2) is 8.99. The minimum absolute atomic E-state index is 0.0943. The van der Waals surface area contributed by atoms with Crippen LogP contribution >= 0.6 is 0 Å². The first kappa shape index (κ1) is 21.1. The third-order valence-corrected chi connectivity index (χ3v) is 5.76. The first-order chi connectivity index (χ1) is 16.1. The van der Waals surface area contributed by atoms with Crippen molar-refractivity contribution in [2.45, 2.75) is 19.0 Å². The number of fused-ring (bicyclic) bond motifs is 1. The van der Waals surface area contributed by atoms with Crippen molar-refractivity contribution in [2.75, 3.05) is 27.5 Å². The maximum Gasteiger partial charge on any atom is 0.257 e. The van der Waals surface area contributed by atoms with Gasteiger partial charge in [0.1, 0.15) is 17.6 Å². The monoisotopic (exact) mass is 447 g/mol. The molecule has 0 spiro atoms. The van der Waals surface area contributed by atoms with Crippen molar-refractivity contribution >= 4 is 11.6 Å². The van der Waals surface area contributed by atoms with E-state index in [9.17, 15) is 4.79 Å². The molecule has 8 nitrogen and oxygen atoms in total. The van der Waals surface area contributed by atoms with Gasteiger partial charge in [0.25, 0.3) is 5.91 Å². The van der Waals surface area contributed by atoms with Crippen molar-refractivity contribution in [3.05, 3.63) is 77.7 Å². The Morgan fingerprint density at radius 1 is 1.15 bits per heavy atom. The predicted molar refractivity (Wildman–Crippen MR) is 121 cm³/mol. The number of likely N-dealkylation sites (N-methyl/N-ethyl adjacent to an activating group) is 1. The fourth-order valence-electron chi connectivity index (χ4n) is 4.11. The van der Waals surface area contributed by atoms with Gasteiger partial charge in [0.2, 0.25) is 6.79 Å². The molecule has 2 aliphatic rings. The number of rotatable bonds is 7. The number of amides is 1. The molecule has 2 aliphatic heterocycles. The van der Waals surface area contributed by atoms with Crippen molar-refractivity contribution < 1.29 is 23.4 Å². The number of nitrogens with zero attached hydrogens (tertiary/aromatic N) is 3. The Hall–Kier alpha value is -3.78. The van der Waals surface area contributed by atoms with E-state index in [2.05, 4.69) is 0 Å². The molecule has 0 N–H and O–H groups in total. The molecule has 1 amide bonds. The molecule has 170 valence electrons. The number of ether oxygens (including phenoxy) is 3. The van der Waals surface area contributed by atoms with Crippen LogP contribution in [-0.4, -0.2) is 49.0 Å². The Labute approximate surface area is 192 Å². The molecule has 5 rings (SSSR count). The number of hydrogen-bond acceptors (Lipinski definition) is 7. The molecule has 0 saturated carbocycles. The summed E-state index contributed by atoms with van der Waals surface area (Å²) in [6.45, 7) is 1.05. The predicted octanol–water partition coefficient (Wildman–Crippen LogP) is 3.83. The van der Waals surface area contributed by atoms with Crippen LogP contribution in [0.15, 0.2) is 70.4 Å². The third kappa shape index (κ3) is 4.42. The van der Waals surface area contributed by atoms with Gasteiger partial charge in [-0.1, -0.05) is 6.07 Å². The van der Waals surface area contributed by atoms with E-state index in [-0.39, 0.29) is 25.3 Å². The molecule has 0 fully saturated rings. The van der Waals surface area contributed by atoms with E-state index < -0.39 is 0 Å². The standard InChI is InChI=1S/C25H25N3O5/c1-27(14-17-5-10-23-24(12-17)33-16-32-23)15-25(29)28-21(22-4-3-11-31-22)13-20(26-28)18-6-8-19(30-2)9-7-18/h3-12,21H,13-16H2,1-2H3. The summed E-state index contributed by atoms with van der Waals surface area (Å²) >= 11 is 0. The van der Waals surface area contributed by atoms with Gasteiger partial charge < -0.3 is 18.6 Å². The minimum atomic E-state index is -0.274. The first-order valence-electron chi connectivity index (χ1n) is 10.7. The van der Waals surface area contributed by atoms with E-state index in [4.69, 9.17) is 23.7 Å². The average Bonchev–Trinajstić information content (AvgIpc) is 3.59. The van der Waals surface area contributed by atoms with Gasteiger partial charge in [-0.2, -0.15) is 5.10 Å². The van der Waals surface area contributed by atoms with Crippen LogP contribution in [0.3, 0.4) is 0 Å². The zero-order chi connectivity index (χ0) is 22.8. The Balaban J connectivity index is 1.31. The third-order valence-electron chi connectivity index (χ3n) is 5.76. The summed E-state index contributed by atoms with van der Waals surface area (Å²) in [7, 11) is 3.55. The molecule has 3 aromatic rings. The van der Waals surface area contributed by atoms with Crippen LogP contribution in [-0.2, 0) is 11.3 Å². The van der Waals surface area contributed by atoms with Crippen LogP contribution < -0.4 is 14.2 Å². The first-order valence-corrected chi connectivity index (χ1v) is 10.7. The molecule has 1 aromatic heterocycles. The maximum absolute atomic E-state index is 13.3. The molecule has 3 heterocycles. The van der Waals surface area contributed by atoms with Gasteiger partial charge in [-0.05, 0) is 66.7 Å². The van der Waals surface area contributed by atoms with Gasteiger partial charge >= 0.3 is 0 Å². The van der Waals surface area contributed by atoms with E-state index in [1.165, 1.54) is 0 Å². The van der Waals surface area contributed by atoms with Crippen LogP contribution in [0.1, 0.15) is 29.3 Å². The summed E-state index contributed by atoms with van der Waals surface area (Å²) in [5.74, 6) is 2.88. The lowest BCUT2D eigenvalue weighted by molar-refractivity contribution is -0.134. The highest BCUT2D eigenvalue weighted by molar-refractivity contribution is 6.03. The topological polar surface area (TPSA) is 76.7 Å². The number of hydrogen-bond donors (Lipinski definition) is 0. The highest BCUT2D eigenvalue weighted by Crippen LogP contribution is 2.34. The van der Waals surface area contributed by atoms with Crippen molar-refractivity contribution in [3.8, 4) is 17.2 Å². The van der Waals surface area contributed by atoms with Gasteiger partial charge in [0.15, 0.2) is 11.5 Å². The summed E-state index contributed by atoms with van der Waals surface area (Å²) in [5, 5.41) is 6.25. The minimum Gasteiger partial charge on any atom is -0.497 e. The van der Waals surface area contributed by atoms with E-state index in [0.29, 0.717) is 18.7 Å². The zero-order valence-corrected chi connectivity index (χ0v) is 18.6. The molecule has 0 bridgehead atoms. The molecule has 2 aromatic carbocycles. The van der Waals surface area contributed by atoms with Gasteiger partial charge in [0.05, 0.1) is 25.6 Å². The zero-order valence-electron chi connectivity index (χ0n) is 18.6. The second-order valence-corrected chi connectivity index (χ2v) is 8.11. The van der Waals surface area contributed by atoms with Gasteiger partial charge in [-0.15, -0.1) is 0 Å². The highest BCUT2D eigenvalue weighted by Gasteiger charge is 2.35. The van der Waals surface area contributed by atoms with Crippen LogP contribution in [0.2, 0.25) is 0 Å². The lowest BCUT2D eigenvalue weighted by atomic mass is 10.0. The fraction of sp³-hybridized carbons (Fsp3) is 0.280. The molecule has 0 radical (unpaired) electrons. The van der Waals surface area contributed by atoms with Crippen molar-refractivity contribution in [2.24, 2.45) is 5.10 Å². The van der Waals surface area contributed by atoms with Crippen molar-refractivity contribution in [1.29, 1.82) is 0 Å². The largest absolute Gasteiger partial charge is 0.497 e. The number of carbonyl (C=O) groups is 1. The van der Waals surface area contributed by atoms with E-state index >= 15 is 0 Å². The smallest absolute Gasteiger partial charge is 0.257 e. The fourth-order valence-corrected chi connectivity index (χ4v) is 4.11. The van der Waals surface area contributed by atoms with E-state index in [1.54, 1.807) is 18.4 Å². The summed E-state index contributed by atoms with van der Waals surface area (Å²) in [4.78, 5) is 15.2. The second-order valence-electron chi connectivity index (χ2n) is 8.11. The number of benzene rings is 2. The average molecular weight is 447 g/mol. The Kier molecular flexibility index (Phi) is 5.75. The van der Waals surface area contributed by atoms with Gasteiger partial charge in [-0.3, -0.25) is 9.69 Å². The lowest BCUT2D eigenvalue weighted by Gasteiger charge is -2.23. The normalized spacial score (nSPS) is 16.9. The summed E-state index contributed by atoms with van der Waals surface area (Å²) in [6, 6.07) is 17.0. The van der Waals surface area contributed by atoms with Gasteiger partial charge in [-0.25, -0.2) is 5.01 Å². The van der Waals surface area contributed by atoms with Gasteiger partial charge in [0, 0.05) is 13.0 Å². The molecular formula is C25H25N3O5. The Morgan fingerprint density at radius 3 is 2.73 bits per heavy atom. The number of carbonyl (C=O) groups excluding carboxylic acids is 1.